The van der Waals surface area contributed by atoms with Crippen LogP contribution in [0.4, 0.5) is 11.4 Å². The number of carbonyl (C=O) groups is 1. The van der Waals surface area contributed by atoms with Crippen molar-refractivity contribution in [3.63, 3.8) is 0 Å². The van der Waals surface area contributed by atoms with E-state index in [1.54, 1.807) is 26.8 Å². The topological polar surface area (TPSA) is 107 Å². The number of rotatable bonds is 5. The van der Waals surface area contributed by atoms with E-state index in [0.29, 0.717) is 16.9 Å². The van der Waals surface area contributed by atoms with Crippen LogP contribution in [0.25, 0.3) is 11.3 Å². The number of nitrogens with zero attached hydrogens (tertiary/aromatic N) is 3. The first kappa shape index (κ1) is 19.9. The first-order valence-corrected chi connectivity index (χ1v) is 8.93. The molecule has 0 radical (unpaired) electrons. The Morgan fingerprint density at radius 2 is 1.79 bits per heavy atom. The van der Waals surface area contributed by atoms with Crippen LogP contribution in [0.1, 0.15) is 19.4 Å². The Labute approximate surface area is 167 Å². The quantitative estimate of drug-likeness (QED) is 0.528. The van der Waals surface area contributed by atoms with Gasteiger partial charge in [0.2, 0.25) is 0 Å². The molecule has 0 fully saturated rings. The van der Waals surface area contributed by atoms with Crippen LogP contribution in [0.2, 0.25) is 0 Å². The van der Waals surface area contributed by atoms with Crippen molar-refractivity contribution in [3.8, 4) is 11.3 Å². The van der Waals surface area contributed by atoms with Crippen LogP contribution >= 0.6 is 0 Å². The Morgan fingerprint density at radius 3 is 2.41 bits per heavy atom. The molecule has 0 unspecified atom stereocenters. The molecule has 1 amide bonds. The fraction of sp³-hybridized carbons (Fsp3) is 0.190. The van der Waals surface area contributed by atoms with Gasteiger partial charge in [0.25, 0.3) is 17.2 Å². The fourth-order valence-corrected chi connectivity index (χ4v) is 2.85. The summed E-state index contributed by atoms with van der Waals surface area (Å²) in [7, 11) is 0. The fourth-order valence-electron chi connectivity index (χ4n) is 2.85. The third-order valence-electron chi connectivity index (χ3n) is 4.62. The minimum absolute atomic E-state index is 0.0618. The average molecular weight is 392 g/mol. The van der Waals surface area contributed by atoms with E-state index in [1.807, 2.05) is 30.3 Å². The monoisotopic (exact) mass is 392 g/mol. The first-order valence-electron chi connectivity index (χ1n) is 8.93. The Kier molecular flexibility index (Phi) is 5.27. The van der Waals surface area contributed by atoms with E-state index in [1.165, 1.54) is 24.3 Å². The number of amides is 1. The summed E-state index contributed by atoms with van der Waals surface area (Å²) in [4.78, 5) is 35.8. The molecule has 0 bridgehead atoms. The van der Waals surface area contributed by atoms with E-state index in [9.17, 15) is 19.7 Å². The Morgan fingerprint density at radius 1 is 1.10 bits per heavy atom. The predicted molar refractivity (Wildman–Crippen MR) is 110 cm³/mol. The number of benzene rings is 2. The second-order valence-electron chi connectivity index (χ2n) is 7.10. The maximum Gasteiger partial charge on any atom is 0.269 e. The van der Waals surface area contributed by atoms with E-state index in [4.69, 9.17) is 0 Å². The summed E-state index contributed by atoms with van der Waals surface area (Å²) in [5, 5.41) is 18.0. The molecular weight excluding hydrogens is 372 g/mol. The van der Waals surface area contributed by atoms with Gasteiger partial charge < -0.3 is 5.32 Å². The van der Waals surface area contributed by atoms with Gasteiger partial charge in [0.1, 0.15) is 5.54 Å². The van der Waals surface area contributed by atoms with Crippen LogP contribution < -0.4 is 10.9 Å². The van der Waals surface area contributed by atoms with Gasteiger partial charge in [0, 0.05) is 29.4 Å². The lowest BCUT2D eigenvalue weighted by Gasteiger charge is -2.25. The van der Waals surface area contributed by atoms with Crippen molar-refractivity contribution in [1.82, 2.24) is 9.78 Å². The second kappa shape index (κ2) is 7.67. The third kappa shape index (κ3) is 4.06. The Balaban J connectivity index is 1.93. The van der Waals surface area contributed by atoms with Crippen LogP contribution in [-0.4, -0.2) is 20.6 Å². The van der Waals surface area contributed by atoms with Crippen molar-refractivity contribution < 1.29 is 9.72 Å². The highest BCUT2D eigenvalue weighted by atomic mass is 16.6. The molecule has 8 nitrogen and oxygen atoms in total. The minimum atomic E-state index is -1.30. The van der Waals surface area contributed by atoms with Crippen molar-refractivity contribution >= 4 is 17.3 Å². The standard InChI is InChI=1S/C21H20N4O4/c1-14-13-16(25(28)29)9-10-17(14)22-20(27)21(2,3)24-19(26)12-11-18(23-24)15-7-5-4-6-8-15/h4-13H,1-3H3,(H,22,27). The van der Waals surface area contributed by atoms with Gasteiger partial charge >= 0.3 is 0 Å². The van der Waals surface area contributed by atoms with Crippen molar-refractivity contribution in [2.24, 2.45) is 0 Å². The van der Waals surface area contributed by atoms with Gasteiger partial charge in [-0.3, -0.25) is 19.7 Å². The highest BCUT2D eigenvalue weighted by molar-refractivity contribution is 5.96. The molecule has 0 spiro atoms. The molecule has 1 heterocycles. The van der Waals surface area contributed by atoms with E-state index < -0.39 is 21.9 Å². The van der Waals surface area contributed by atoms with E-state index in [0.717, 1.165) is 10.2 Å². The lowest BCUT2D eigenvalue weighted by atomic mass is 10.0. The van der Waals surface area contributed by atoms with Gasteiger partial charge in [-0.15, -0.1) is 0 Å². The summed E-state index contributed by atoms with van der Waals surface area (Å²) in [6.45, 7) is 4.84. The van der Waals surface area contributed by atoms with Crippen LogP contribution in [-0.2, 0) is 10.3 Å². The molecule has 0 aliphatic carbocycles. The van der Waals surface area contributed by atoms with Crippen molar-refractivity contribution in [1.29, 1.82) is 0 Å². The van der Waals surface area contributed by atoms with Gasteiger partial charge in [0.15, 0.2) is 0 Å². The zero-order valence-corrected chi connectivity index (χ0v) is 16.2. The largest absolute Gasteiger partial charge is 0.324 e. The summed E-state index contributed by atoms with van der Waals surface area (Å²) >= 11 is 0. The lowest BCUT2D eigenvalue weighted by Crippen LogP contribution is -2.47. The molecular formula is C21H20N4O4. The van der Waals surface area contributed by atoms with Gasteiger partial charge in [0.05, 0.1) is 10.6 Å². The number of hydrogen-bond donors (Lipinski definition) is 1. The molecule has 8 heteroatoms. The van der Waals surface area contributed by atoms with Gasteiger partial charge in [-0.25, -0.2) is 4.68 Å². The molecule has 3 rings (SSSR count). The summed E-state index contributed by atoms with van der Waals surface area (Å²) < 4.78 is 1.14. The summed E-state index contributed by atoms with van der Waals surface area (Å²) in [5.41, 5.74) is 0.596. The first-order chi connectivity index (χ1) is 13.7. The normalized spacial score (nSPS) is 11.1. The summed E-state index contributed by atoms with van der Waals surface area (Å²) in [6.07, 6.45) is 0. The van der Waals surface area contributed by atoms with Gasteiger partial charge in [-0.1, -0.05) is 30.3 Å². The predicted octanol–water partition coefficient (Wildman–Crippen LogP) is 3.50. The molecule has 1 aromatic heterocycles. The van der Waals surface area contributed by atoms with Crippen LogP contribution in [0.3, 0.4) is 0 Å². The second-order valence-corrected chi connectivity index (χ2v) is 7.10. The number of nitrogens with one attached hydrogen (secondary N) is 1. The molecule has 148 valence electrons. The zero-order valence-electron chi connectivity index (χ0n) is 16.2. The molecule has 0 saturated heterocycles. The number of non-ortho nitro benzene ring substituents is 1. The van der Waals surface area contributed by atoms with E-state index in [2.05, 4.69) is 10.4 Å². The smallest absolute Gasteiger partial charge is 0.269 e. The average Bonchev–Trinajstić information content (AvgIpc) is 2.70. The van der Waals surface area contributed by atoms with Crippen molar-refractivity contribution in [3.05, 3.63) is 86.7 Å². The van der Waals surface area contributed by atoms with Crippen LogP contribution in [0.15, 0.2) is 65.5 Å². The molecule has 2 aromatic carbocycles. The number of anilines is 1. The van der Waals surface area contributed by atoms with Crippen LogP contribution in [0.5, 0.6) is 0 Å². The van der Waals surface area contributed by atoms with E-state index in [-0.39, 0.29) is 5.69 Å². The summed E-state index contributed by atoms with van der Waals surface area (Å²) in [6, 6.07) is 16.5. The van der Waals surface area contributed by atoms with Crippen molar-refractivity contribution in [2.75, 3.05) is 5.32 Å². The van der Waals surface area contributed by atoms with E-state index >= 15 is 0 Å². The Hall–Kier alpha value is -3.81. The minimum Gasteiger partial charge on any atom is -0.324 e. The Bertz CT molecular complexity index is 1140. The van der Waals surface area contributed by atoms with Gasteiger partial charge in [-0.05, 0) is 38.5 Å². The number of nitro benzene ring substituents is 1. The number of aromatic nitrogens is 2. The van der Waals surface area contributed by atoms with Gasteiger partial charge in [-0.2, -0.15) is 5.10 Å². The molecule has 1 N–H and O–H groups in total. The lowest BCUT2D eigenvalue weighted by molar-refractivity contribution is -0.384. The maximum absolute atomic E-state index is 13.0. The highest BCUT2D eigenvalue weighted by Gasteiger charge is 2.32. The highest BCUT2D eigenvalue weighted by Crippen LogP contribution is 2.24. The molecule has 29 heavy (non-hydrogen) atoms. The molecule has 3 aromatic rings. The number of hydrogen-bond acceptors (Lipinski definition) is 5. The molecule has 0 aliphatic heterocycles. The number of aryl methyl sites for hydroxylation is 1. The number of nitro groups is 1. The molecule has 0 aliphatic rings. The van der Waals surface area contributed by atoms with Crippen LogP contribution in [0, 0.1) is 17.0 Å². The number of carbonyl (C=O) groups excluding carboxylic acids is 1. The zero-order chi connectivity index (χ0) is 21.2. The van der Waals surface area contributed by atoms with Crippen molar-refractivity contribution in [2.45, 2.75) is 26.3 Å². The third-order valence-corrected chi connectivity index (χ3v) is 4.62. The molecule has 0 saturated carbocycles. The summed E-state index contributed by atoms with van der Waals surface area (Å²) in [5.74, 6) is -0.464. The maximum atomic E-state index is 13.0. The SMILES string of the molecule is Cc1cc([N+](=O)[O-])ccc1NC(=O)C(C)(C)n1nc(-c2ccccc2)ccc1=O. The molecule has 0 atom stereocenters.